The van der Waals surface area contributed by atoms with Gasteiger partial charge in [0, 0.05) is 6.42 Å². The Labute approximate surface area is 87.2 Å². The van der Waals surface area contributed by atoms with Crippen molar-refractivity contribution < 1.29 is 14.7 Å². The molecule has 0 saturated carbocycles. The molecular formula is C11H11NO3. The van der Waals surface area contributed by atoms with Gasteiger partial charge in [-0.1, -0.05) is 35.5 Å². The third-order valence-electron chi connectivity index (χ3n) is 2.24. The molecule has 78 valence electrons. The van der Waals surface area contributed by atoms with E-state index in [-0.39, 0.29) is 12.5 Å². The summed E-state index contributed by atoms with van der Waals surface area (Å²) in [6, 6.07) is 9.63. The highest BCUT2D eigenvalue weighted by Gasteiger charge is 2.24. The number of benzene rings is 1. The molecule has 1 atom stereocenters. The monoisotopic (exact) mass is 205 g/mol. The van der Waals surface area contributed by atoms with Crippen LogP contribution in [0, 0.1) is 0 Å². The predicted molar refractivity (Wildman–Crippen MR) is 54.7 cm³/mol. The molecule has 4 heteroatoms. The fourth-order valence-corrected chi connectivity index (χ4v) is 1.53. The van der Waals surface area contributed by atoms with E-state index in [1.165, 1.54) is 0 Å². The fraction of sp³-hybridized carbons (Fsp3) is 0.273. The lowest BCUT2D eigenvalue weighted by Gasteiger charge is -2.02. The average molecular weight is 205 g/mol. The van der Waals surface area contributed by atoms with Crippen molar-refractivity contribution in [3.05, 3.63) is 35.9 Å². The van der Waals surface area contributed by atoms with Crippen LogP contribution in [0.25, 0.3) is 0 Å². The molecule has 0 aromatic heterocycles. The molecule has 0 radical (unpaired) electrons. The molecule has 1 heterocycles. The van der Waals surface area contributed by atoms with E-state index in [4.69, 9.17) is 9.94 Å². The van der Waals surface area contributed by atoms with Gasteiger partial charge in [-0.2, -0.15) is 0 Å². The first-order valence-electron chi connectivity index (χ1n) is 4.75. The molecule has 0 aliphatic carbocycles. The second kappa shape index (κ2) is 4.13. The lowest BCUT2D eigenvalue weighted by molar-refractivity contribution is -0.139. The van der Waals surface area contributed by atoms with Gasteiger partial charge in [-0.25, -0.2) is 0 Å². The number of aliphatic carboxylic acids is 1. The zero-order valence-corrected chi connectivity index (χ0v) is 8.09. The summed E-state index contributed by atoms with van der Waals surface area (Å²) in [6.45, 7) is 0. The summed E-state index contributed by atoms with van der Waals surface area (Å²) in [4.78, 5) is 15.5. The van der Waals surface area contributed by atoms with Crippen molar-refractivity contribution in [1.82, 2.24) is 0 Å². The van der Waals surface area contributed by atoms with Crippen LogP contribution in [0.5, 0.6) is 0 Å². The van der Waals surface area contributed by atoms with Crippen molar-refractivity contribution in [1.29, 1.82) is 0 Å². The molecule has 1 aliphatic heterocycles. The second-order valence-corrected chi connectivity index (χ2v) is 3.43. The number of carboxylic acids is 1. The van der Waals surface area contributed by atoms with Gasteiger partial charge in [0.25, 0.3) is 0 Å². The van der Waals surface area contributed by atoms with Gasteiger partial charge in [-0.05, 0) is 5.56 Å². The van der Waals surface area contributed by atoms with E-state index in [2.05, 4.69) is 5.16 Å². The number of rotatable bonds is 3. The van der Waals surface area contributed by atoms with E-state index in [0.717, 1.165) is 11.3 Å². The van der Waals surface area contributed by atoms with Crippen LogP contribution in [0.1, 0.15) is 18.4 Å². The molecule has 1 aromatic rings. The minimum Gasteiger partial charge on any atom is -0.481 e. The fourth-order valence-electron chi connectivity index (χ4n) is 1.53. The van der Waals surface area contributed by atoms with E-state index < -0.39 is 5.97 Å². The van der Waals surface area contributed by atoms with Crippen LogP contribution in [0.3, 0.4) is 0 Å². The first-order chi connectivity index (χ1) is 7.25. The van der Waals surface area contributed by atoms with Crippen molar-refractivity contribution in [2.75, 3.05) is 0 Å². The van der Waals surface area contributed by atoms with Gasteiger partial charge in [-0.3, -0.25) is 4.79 Å². The topological polar surface area (TPSA) is 58.9 Å². The Morgan fingerprint density at radius 1 is 1.47 bits per heavy atom. The first kappa shape index (κ1) is 9.71. The largest absolute Gasteiger partial charge is 0.481 e. The molecule has 0 bridgehead atoms. The smallest absolute Gasteiger partial charge is 0.307 e. The van der Waals surface area contributed by atoms with Gasteiger partial charge in [0.05, 0.1) is 12.1 Å². The highest BCUT2D eigenvalue weighted by atomic mass is 16.6. The second-order valence-electron chi connectivity index (χ2n) is 3.43. The number of hydrogen-bond donors (Lipinski definition) is 1. The molecular weight excluding hydrogens is 194 g/mol. The molecule has 0 spiro atoms. The Balaban J connectivity index is 2.01. The van der Waals surface area contributed by atoms with Gasteiger partial charge >= 0.3 is 5.97 Å². The molecule has 4 nitrogen and oxygen atoms in total. The normalized spacial score (nSPS) is 19.5. The first-order valence-corrected chi connectivity index (χ1v) is 4.75. The van der Waals surface area contributed by atoms with E-state index in [1.807, 2.05) is 30.3 Å². The standard InChI is InChI=1S/C11H11NO3/c13-11(14)7-9-6-10(12-15-9)8-4-2-1-3-5-8/h1-5,9H,6-7H2,(H,13,14). The van der Waals surface area contributed by atoms with E-state index >= 15 is 0 Å². The summed E-state index contributed by atoms with van der Waals surface area (Å²) >= 11 is 0. The molecule has 1 unspecified atom stereocenters. The molecule has 1 aliphatic rings. The SMILES string of the molecule is O=C(O)CC1CC(c2ccccc2)=NO1. The Hall–Kier alpha value is -1.84. The minimum absolute atomic E-state index is 0.000165. The van der Waals surface area contributed by atoms with Gasteiger partial charge in [0.1, 0.15) is 6.10 Å². The maximum Gasteiger partial charge on any atom is 0.307 e. The zero-order valence-electron chi connectivity index (χ0n) is 8.09. The van der Waals surface area contributed by atoms with E-state index in [1.54, 1.807) is 0 Å². The van der Waals surface area contributed by atoms with Crippen molar-refractivity contribution in [2.45, 2.75) is 18.9 Å². The summed E-state index contributed by atoms with van der Waals surface area (Å²) in [7, 11) is 0. The zero-order chi connectivity index (χ0) is 10.7. The van der Waals surface area contributed by atoms with Crippen molar-refractivity contribution in [3.63, 3.8) is 0 Å². The van der Waals surface area contributed by atoms with Gasteiger partial charge in [0.15, 0.2) is 0 Å². The Kier molecular flexibility index (Phi) is 2.67. The van der Waals surface area contributed by atoms with Crippen molar-refractivity contribution in [3.8, 4) is 0 Å². The molecule has 0 fully saturated rings. The molecule has 1 N–H and O–H groups in total. The van der Waals surface area contributed by atoms with Crippen LogP contribution in [-0.4, -0.2) is 22.9 Å². The van der Waals surface area contributed by atoms with Gasteiger partial charge < -0.3 is 9.94 Å². The molecule has 0 saturated heterocycles. The molecule has 1 aromatic carbocycles. The van der Waals surface area contributed by atoms with Crippen LogP contribution in [0.4, 0.5) is 0 Å². The lowest BCUT2D eigenvalue weighted by atomic mass is 10.0. The van der Waals surface area contributed by atoms with Crippen molar-refractivity contribution in [2.24, 2.45) is 5.16 Å². The van der Waals surface area contributed by atoms with Crippen molar-refractivity contribution >= 4 is 11.7 Å². The average Bonchev–Trinajstić information content (AvgIpc) is 2.67. The number of carboxylic acid groups (broad SMARTS) is 1. The predicted octanol–water partition coefficient (Wildman–Crippen LogP) is 1.65. The third-order valence-corrected chi connectivity index (χ3v) is 2.24. The van der Waals surface area contributed by atoms with Gasteiger partial charge in [0.2, 0.25) is 0 Å². The maximum absolute atomic E-state index is 10.5. The van der Waals surface area contributed by atoms with Gasteiger partial charge in [-0.15, -0.1) is 0 Å². The number of nitrogens with zero attached hydrogens (tertiary/aromatic N) is 1. The summed E-state index contributed by atoms with van der Waals surface area (Å²) < 4.78 is 0. The summed E-state index contributed by atoms with van der Waals surface area (Å²) in [5.41, 5.74) is 1.81. The Bertz CT molecular complexity index is 386. The van der Waals surface area contributed by atoms with Crippen LogP contribution in [0.15, 0.2) is 35.5 Å². The van der Waals surface area contributed by atoms with E-state index in [9.17, 15) is 4.79 Å². The minimum atomic E-state index is -0.857. The summed E-state index contributed by atoms with van der Waals surface area (Å²) in [5, 5.41) is 12.5. The number of oxime groups is 1. The number of hydrogen-bond acceptors (Lipinski definition) is 3. The van der Waals surface area contributed by atoms with Crippen LogP contribution >= 0.6 is 0 Å². The molecule has 0 amide bonds. The summed E-state index contributed by atoms with van der Waals surface area (Å²) in [6.07, 6.45) is 0.244. The Morgan fingerprint density at radius 2 is 2.20 bits per heavy atom. The highest BCUT2D eigenvalue weighted by Crippen LogP contribution is 2.18. The Morgan fingerprint density at radius 3 is 2.87 bits per heavy atom. The third kappa shape index (κ3) is 2.34. The van der Waals surface area contributed by atoms with Crippen LogP contribution in [-0.2, 0) is 9.63 Å². The molecule has 2 rings (SSSR count). The lowest BCUT2D eigenvalue weighted by Crippen LogP contribution is -2.13. The maximum atomic E-state index is 10.5. The number of carbonyl (C=O) groups is 1. The van der Waals surface area contributed by atoms with E-state index in [0.29, 0.717) is 6.42 Å². The molecule has 15 heavy (non-hydrogen) atoms. The van der Waals surface area contributed by atoms with Crippen LogP contribution < -0.4 is 0 Å². The highest BCUT2D eigenvalue weighted by molar-refractivity contribution is 6.01. The quantitative estimate of drug-likeness (QED) is 0.816. The van der Waals surface area contributed by atoms with Crippen LogP contribution in [0.2, 0.25) is 0 Å². The summed E-state index contributed by atoms with van der Waals surface area (Å²) in [5.74, 6) is -0.857.